The second kappa shape index (κ2) is 6.40. The van der Waals surface area contributed by atoms with Crippen molar-refractivity contribution in [2.75, 3.05) is 26.7 Å². The molecule has 1 N–H and O–H groups in total. The number of benzene rings is 1. The van der Waals surface area contributed by atoms with Crippen LogP contribution in [0, 0.1) is 6.92 Å². The smallest absolute Gasteiger partial charge is 0.254 e. The summed E-state index contributed by atoms with van der Waals surface area (Å²) in [6, 6.07) is 4.40. The van der Waals surface area contributed by atoms with Gasteiger partial charge >= 0.3 is 0 Å². The molecule has 0 bridgehead atoms. The van der Waals surface area contributed by atoms with Crippen molar-refractivity contribution in [3.8, 4) is 0 Å². The fourth-order valence-corrected chi connectivity index (χ4v) is 3.04. The number of rotatable bonds is 5. The molecule has 1 aromatic carbocycles. The molecule has 2 rings (SSSR count). The molecule has 0 spiro atoms. The Kier molecular flexibility index (Phi) is 4.81. The van der Waals surface area contributed by atoms with Crippen LogP contribution in [0.3, 0.4) is 0 Å². The third kappa shape index (κ3) is 2.88. The van der Waals surface area contributed by atoms with Crippen LogP contribution < -0.4 is 5.32 Å². The monoisotopic (exact) mass is 274 g/mol. The van der Waals surface area contributed by atoms with Gasteiger partial charge in [-0.25, -0.2) is 0 Å². The molecule has 1 atom stereocenters. The zero-order valence-electron chi connectivity index (χ0n) is 13.1. The van der Waals surface area contributed by atoms with E-state index in [1.165, 1.54) is 11.1 Å². The van der Waals surface area contributed by atoms with Crippen LogP contribution in [-0.2, 0) is 6.42 Å². The number of hydrogen-bond donors (Lipinski definition) is 1. The third-order valence-corrected chi connectivity index (χ3v) is 4.15. The number of nitrogens with zero attached hydrogens (tertiary/aromatic N) is 1. The second-order valence-corrected chi connectivity index (χ2v) is 5.82. The predicted octanol–water partition coefficient (Wildman–Crippen LogP) is 2.73. The first kappa shape index (κ1) is 15.0. The average Bonchev–Trinajstić information content (AvgIpc) is 2.43. The molecule has 0 aromatic heterocycles. The molecular weight excluding hydrogens is 248 g/mol. The van der Waals surface area contributed by atoms with Gasteiger partial charge in [0.1, 0.15) is 0 Å². The number of amides is 1. The maximum atomic E-state index is 12.4. The largest absolute Gasteiger partial charge is 0.341 e. The normalized spacial score (nSPS) is 18.3. The quantitative estimate of drug-likeness (QED) is 0.837. The van der Waals surface area contributed by atoms with Crippen LogP contribution in [0.15, 0.2) is 12.1 Å². The number of nitrogens with one attached hydrogen (secondary N) is 1. The molecular formula is C17H26N2O. The Morgan fingerprint density at radius 3 is 2.75 bits per heavy atom. The van der Waals surface area contributed by atoms with Gasteiger partial charge < -0.3 is 10.2 Å². The predicted molar refractivity (Wildman–Crippen MR) is 83.4 cm³/mol. The fraction of sp³-hybridized carbons (Fsp3) is 0.588. The third-order valence-electron chi connectivity index (χ3n) is 4.15. The van der Waals surface area contributed by atoms with Crippen molar-refractivity contribution in [2.45, 2.75) is 39.5 Å². The van der Waals surface area contributed by atoms with E-state index in [-0.39, 0.29) is 5.91 Å². The van der Waals surface area contributed by atoms with E-state index in [2.05, 4.69) is 38.2 Å². The zero-order valence-corrected chi connectivity index (χ0v) is 13.1. The van der Waals surface area contributed by atoms with Crippen LogP contribution in [-0.4, -0.2) is 37.5 Å². The van der Waals surface area contributed by atoms with Gasteiger partial charge in [-0.3, -0.25) is 4.79 Å². The summed E-state index contributed by atoms with van der Waals surface area (Å²) in [5.41, 5.74) is 4.63. The highest BCUT2D eigenvalue weighted by Crippen LogP contribution is 2.31. The van der Waals surface area contributed by atoms with Gasteiger partial charge in [0.25, 0.3) is 5.91 Å². The van der Waals surface area contributed by atoms with E-state index in [0.717, 1.165) is 43.6 Å². The molecule has 0 saturated carbocycles. The van der Waals surface area contributed by atoms with Crippen LogP contribution in [0.4, 0.5) is 0 Å². The lowest BCUT2D eigenvalue weighted by Crippen LogP contribution is -2.41. The molecule has 3 heteroatoms. The van der Waals surface area contributed by atoms with Gasteiger partial charge in [0.15, 0.2) is 0 Å². The van der Waals surface area contributed by atoms with Gasteiger partial charge in [0.2, 0.25) is 0 Å². The number of carbonyl (C=O) groups is 1. The van der Waals surface area contributed by atoms with Gasteiger partial charge in [0, 0.05) is 31.6 Å². The molecule has 0 aliphatic carbocycles. The van der Waals surface area contributed by atoms with Crippen molar-refractivity contribution in [3.05, 3.63) is 34.4 Å². The Balaban J connectivity index is 2.37. The molecule has 1 amide bonds. The van der Waals surface area contributed by atoms with E-state index >= 15 is 0 Å². The van der Waals surface area contributed by atoms with E-state index in [0.29, 0.717) is 5.92 Å². The molecule has 1 aromatic rings. The Labute approximate surface area is 122 Å². The summed E-state index contributed by atoms with van der Waals surface area (Å²) in [7, 11) is 1.91. The van der Waals surface area contributed by atoms with Crippen molar-refractivity contribution >= 4 is 5.91 Å². The van der Waals surface area contributed by atoms with Gasteiger partial charge in [-0.05, 0) is 43.0 Å². The van der Waals surface area contributed by atoms with E-state index in [1.54, 1.807) is 0 Å². The Morgan fingerprint density at radius 1 is 1.35 bits per heavy atom. The van der Waals surface area contributed by atoms with Crippen molar-refractivity contribution in [1.82, 2.24) is 10.2 Å². The molecule has 1 aliphatic rings. The van der Waals surface area contributed by atoms with Crippen LogP contribution >= 0.6 is 0 Å². The summed E-state index contributed by atoms with van der Waals surface area (Å²) < 4.78 is 0. The van der Waals surface area contributed by atoms with Crippen molar-refractivity contribution < 1.29 is 4.79 Å². The molecule has 1 unspecified atom stereocenters. The highest BCUT2D eigenvalue weighted by atomic mass is 16.2. The fourth-order valence-electron chi connectivity index (χ4n) is 3.04. The highest BCUT2D eigenvalue weighted by Gasteiger charge is 2.30. The zero-order chi connectivity index (χ0) is 14.7. The molecule has 1 aliphatic heterocycles. The van der Waals surface area contributed by atoms with Crippen molar-refractivity contribution in [3.63, 3.8) is 0 Å². The van der Waals surface area contributed by atoms with Crippen LogP contribution in [0.5, 0.6) is 0 Å². The summed E-state index contributed by atoms with van der Waals surface area (Å²) in [6.07, 6.45) is 2.16. The second-order valence-electron chi connectivity index (χ2n) is 5.82. The minimum atomic E-state index is 0.173. The highest BCUT2D eigenvalue weighted by molar-refractivity contribution is 5.98. The SMILES string of the molecule is CCCNCC1CN(C)C(=O)c2c(C)cc(CC)cc21. The van der Waals surface area contributed by atoms with E-state index < -0.39 is 0 Å². The van der Waals surface area contributed by atoms with Crippen LogP contribution in [0.25, 0.3) is 0 Å². The number of aryl methyl sites for hydroxylation is 2. The Hall–Kier alpha value is -1.35. The first-order valence-electron chi connectivity index (χ1n) is 7.68. The van der Waals surface area contributed by atoms with Crippen molar-refractivity contribution in [2.24, 2.45) is 0 Å². The van der Waals surface area contributed by atoms with E-state index in [9.17, 15) is 4.79 Å². The molecule has 110 valence electrons. The number of likely N-dealkylation sites (N-methyl/N-ethyl adjacent to an activating group) is 1. The van der Waals surface area contributed by atoms with Gasteiger partial charge in [-0.15, -0.1) is 0 Å². The van der Waals surface area contributed by atoms with E-state index in [1.807, 2.05) is 11.9 Å². The molecule has 0 fully saturated rings. The molecule has 3 nitrogen and oxygen atoms in total. The first-order valence-corrected chi connectivity index (χ1v) is 7.68. The average molecular weight is 274 g/mol. The standard InChI is InChI=1S/C17H26N2O/c1-5-7-18-10-14-11-19(4)17(20)16-12(3)8-13(6-2)9-15(14)16/h8-9,14,18H,5-7,10-11H2,1-4H3. The summed E-state index contributed by atoms with van der Waals surface area (Å²) in [6.45, 7) is 9.21. The minimum Gasteiger partial charge on any atom is -0.341 e. The number of hydrogen-bond acceptors (Lipinski definition) is 2. The number of fused-ring (bicyclic) bond motifs is 1. The summed E-state index contributed by atoms with van der Waals surface area (Å²) >= 11 is 0. The van der Waals surface area contributed by atoms with Gasteiger partial charge in [-0.2, -0.15) is 0 Å². The van der Waals surface area contributed by atoms with Crippen molar-refractivity contribution in [1.29, 1.82) is 0 Å². The number of carbonyl (C=O) groups excluding carboxylic acids is 1. The minimum absolute atomic E-state index is 0.173. The molecule has 20 heavy (non-hydrogen) atoms. The lowest BCUT2D eigenvalue weighted by atomic mass is 9.85. The first-order chi connectivity index (χ1) is 9.58. The maximum Gasteiger partial charge on any atom is 0.254 e. The Bertz CT molecular complexity index is 496. The van der Waals surface area contributed by atoms with Crippen LogP contribution in [0.1, 0.15) is 53.2 Å². The van der Waals surface area contributed by atoms with Crippen LogP contribution in [0.2, 0.25) is 0 Å². The Morgan fingerprint density at radius 2 is 2.10 bits per heavy atom. The van der Waals surface area contributed by atoms with Gasteiger partial charge in [0.05, 0.1) is 0 Å². The summed E-state index contributed by atoms with van der Waals surface area (Å²) in [4.78, 5) is 14.3. The lowest BCUT2D eigenvalue weighted by Gasteiger charge is -2.33. The molecule has 0 radical (unpaired) electrons. The maximum absolute atomic E-state index is 12.4. The molecule has 0 saturated heterocycles. The molecule has 1 heterocycles. The topological polar surface area (TPSA) is 32.3 Å². The van der Waals surface area contributed by atoms with Gasteiger partial charge in [-0.1, -0.05) is 26.0 Å². The summed E-state index contributed by atoms with van der Waals surface area (Å²) in [5.74, 6) is 0.580. The lowest BCUT2D eigenvalue weighted by molar-refractivity contribution is 0.0764. The van der Waals surface area contributed by atoms with E-state index in [4.69, 9.17) is 0 Å². The summed E-state index contributed by atoms with van der Waals surface area (Å²) in [5, 5.41) is 3.50.